The average Bonchev–Trinajstić information content (AvgIpc) is 2.97. The molecule has 0 spiro atoms. The summed E-state index contributed by atoms with van der Waals surface area (Å²) in [5.74, 6) is 2.31. The Kier molecular flexibility index (Phi) is 5.18. The summed E-state index contributed by atoms with van der Waals surface area (Å²) in [6, 6.07) is 0. The van der Waals surface area contributed by atoms with Gasteiger partial charge in [-0.2, -0.15) is 11.8 Å². The second-order valence-electron chi connectivity index (χ2n) is 6.63. The molecule has 0 aromatic rings. The van der Waals surface area contributed by atoms with Crippen molar-refractivity contribution in [2.24, 2.45) is 11.3 Å². The number of nitrogens with one attached hydrogen (secondary N) is 1. The molecule has 96 valence electrons. The molecule has 0 heterocycles. The third kappa shape index (κ3) is 5.09. The first-order chi connectivity index (χ1) is 7.37. The lowest BCUT2D eigenvalue weighted by Gasteiger charge is -2.34. The molecule has 1 N–H and O–H groups in total. The smallest absolute Gasteiger partial charge is 0.00967 e. The highest BCUT2D eigenvalue weighted by Crippen LogP contribution is 2.48. The molecule has 0 aromatic carbocycles. The highest BCUT2D eigenvalue weighted by Gasteiger charge is 2.40. The average molecular weight is 243 g/mol. The second kappa shape index (κ2) is 5.77. The van der Waals surface area contributed by atoms with Crippen molar-refractivity contribution in [1.82, 2.24) is 5.32 Å². The van der Waals surface area contributed by atoms with Gasteiger partial charge < -0.3 is 5.32 Å². The molecule has 0 saturated heterocycles. The van der Waals surface area contributed by atoms with E-state index in [-0.39, 0.29) is 5.54 Å². The van der Waals surface area contributed by atoms with Crippen LogP contribution in [0.3, 0.4) is 0 Å². The van der Waals surface area contributed by atoms with Gasteiger partial charge in [0.15, 0.2) is 0 Å². The first kappa shape index (κ1) is 14.4. The lowest BCUT2D eigenvalue weighted by molar-refractivity contribution is 0.211. The molecule has 1 atom stereocenters. The standard InChI is InChI=1S/C14H29NS/c1-13(2,3)15-11-14(4,12-7-8-12)9-6-10-16-5/h12,15H,6-11H2,1-5H3. The van der Waals surface area contributed by atoms with Crippen molar-refractivity contribution in [2.45, 2.75) is 58.9 Å². The topological polar surface area (TPSA) is 12.0 Å². The Labute approximate surface area is 106 Å². The van der Waals surface area contributed by atoms with Gasteiger partial charge in [-0.1, -0.05) is 6.92 Å². The Hall–Kier alpha value is 0.310. The number of hydrogen-bond acceptors (Lipinski definition) is 2. The molecule has 0 aliphatic heterocycles. The summed E-state index contributed by atoms with van der Waals surface area (Å²) >= 11 is 1.98. The van der Waals surface area contributed by atoms with Crippen LogP contribution in [0.1, 0.15) is 53.4 Å². The van der Waals surface area contributed by atoms with Gasteiger partial charge in [-0.15, -0.1) is 0 Å². The zero-order valence-electron chi connectivity index (χ0n) is 11.7. The monoisotopic (exact) mass is 243 g/mol. The van der Waals surface area contributed by atoms with E-state index in [9.17, 15) is 0 Å². The zero-order valence-corrected chi connectivity index (χ0v) is 12.5. The number of rotatable bonds is 7. The predicted octanol–water partition coefficient (Wildman–Crippen LogP) is 3.93. The molecule has 0 amide bonds. The highest BCUT2D eigenvalue weighted by atomic mass is 32.2. The predicted molar refractivity (Wildman–Crippen MR) is 76.2 cm³/mol. The van der Waals surface area contributed by atoms with Crippen LogP contribution >= 0.6 is 11.8 Å². The summed E-state index contributed by atoms with van der Waals surface area (Å²) in [6.07, 6.45) is 7.90. The lowest BCUT2D eigenvalue weighted by atomic mass is 9.80. The van der Waals surface area contributed by atoms with E-state index in [0.29, 0.717) is 5.41 Å². The second-order valence-corrected chi connectivity index (χ2v) is 7.61. The normalized spacial score (nSPS) is 20.8. The van der Waals surface area contributed by atoms with Crippen LogP contribution in [0.5, 0.6) is 0 Å². The van der Waals surface area contributed by atoms with Gasteiger partial charge in [0.25, 0.3) is 0 Å². The van der Waals surface area contributed by atoms with Gasteiger partial charge in [-0.3, -0.25) is 0 Å². The molecule has 0 bridgehead atoms. The number of hydrogen-bond donors (Lipinski definition) is 1. The van der Waals surface area contributed by atoms with E-state index in [0.717, 1.165) is 5.92 Å². The fraction of sp³-hybridized carbons (Fsp3) is 1.00. The molecule has 0 radical (unpaired) electrons. The van der Waals surface area contributed by atoms with E-state index >= 15 is 0 Å². The van der Waals surface area contributed by atoms with E-state index in [4.69, 9.17) is 0 Å². The summed E-state index contributed by atoms with van der Waals surface area (Å²) in [6.45, 7) is 10.5. The van der Waals surface area contributed by atoms with Crippen molar-refractivity contribution < 1.29 is 0 Å². The molecule has 1 fully saturated rings. The Bertz CT molecular complexity index is 205. The van der Waals surface area contributed by atoms with Crippen molar-refractivity contribution in [1.29, 1.82) is 0 Å². The van der Waals surface area contributed by atoms with Crippen LogP contribution in [0.15, 0.2) is 0 Å². The van der Waals surface area contributed by atoms with Crippen molar-refractivity contribution in [3.05, 3.63) is 0 Å². The molecular formula is C14H29NS. The first-order valence-corrected chi connectivity index (χ1v) is 8.01. The van der Waals surface area contributed by atoms with Gasteiger partial charge in [-0.05, 0) is 69.8 Å². The van der Waals surface area contributed by atoms with Crippen LogP contribution in [-0.4, -0.2) is 24.1 Å². The summed E-state index contributed by atoms with van der Waals surface area (Å²) in [5.41, 5.74) is 0.804. The summed E-state index contributed by atoms with van der Waals surface area (Å²) in [5, 5.41) is 3.70. The van der Waals surface area contributed by atoms with Crippen LogP contribution in [0.25, 0.3) is 0 Å². The van der Waals surface area contributed by atoms with E-state index in [1.807, 2.05) is 11.8 Å². The van der Waals surface area contributed by atoms with Crippen LogP contribution in [0.4, 0.5) is 0 Å². The molecular weight excluding hydrogens is 214 g/mol. The van der Waals surface area contributed by atoms with Crippen LogP contribution < -0.4 is 5.32 Å². The summed E-state index contributed by atoms with van der Waals surface area (Å²) in [4.78, 5) is 0. The van der Waals surface area contributed by atoms with E-state index in [2.05, 4.69) is 39.3 Å². The maximum absolute atomic E-state index is 3.70. The fourth-order valence-electron chi connectivity index (χ4n) is 2.30. The van der Waals surface area contributed by atoms with Crippen molar-refractivity contribution >= 4 is 11.8 Å². The van der Waals surface area contributed by atoms with E-state index in [1.165, 1.54) is 38.0 Å². The molecule has 1 rings (SSSR count). The largest absolute Gasteiger partial charge is 0.312 e. The first-order valence-electron chi connectivity index (χ1n) is 6.61. The maximum Gasteiger partial charge on any atom is 0.00967 e. The van der Waals surface area contributed by atoms with Gasteiger partial charge in [0, 0.05) is 12.1 Å². The van der Waals surface area contributed by atoms with Gasteiger partial charge in [0.05, 0.1) is 0 Å². The molecule has 0 aromatic heterocycles. The van der Waals surface area contributed by atoms with E-state index in [1.54, 1.807) is 0 Å². The molecule has 16 heavy (non-hydrogen) atoms. The Morgan fingerprint density at radius 2 is 1.81 bits per heavy atom. The molecule has 1 nitrogen and oxygen atoms in total. The SMILES string of the molecule is CSCCCC(C)(CNC(C)(C)C)C1CC1. The van der Waals surface area contributed by atoms with Crippen molar-refractivity contribution in [2.75, 3.05) is 18.6 Å². The van der Waals surface area contributed by atoms with Gasteiger partial charge >= 0.3 is 0 Å². The summed E-state index contributed by atoms with van der Waals surface area (Å²) in [7, 11) is 0. The van der Waals surface area contributed by atoms with Crippen LogP contribution in [0, 0.1) is 11.3 Å². The minimum Gasteiger partial charge on any atom is -0.312 e. The molecule has 1 aliphatic rings. The molecule has 1 aliphatic carbocycles. The Balaban J connectivity index is 2.38. The van der Waals surface area contributed by atoms with Gasteiger partial charge in [0.1, 0.15) is 0 Å². The van der Waals surface area contributed by atoms with Crippen molar-refractivity contribution in [3.8, 4) is 0 Å². The third-order valence-corrected chi connectivity index (χ3v) is 4.38. The lowest BCUT2D eigenvalue weighted by Crippen LogP contribution is -2.43. The van der Waals surface area contributed by atoms with Gasteiger partial charge in [0.2, 0.25) is 0 Å². The molecule has 1 unspecified atom stereocenters. The third-order valence-electron chi connectivity index (χ3n) is 3.68. The maximum atomic E-state index is 3.70. The minimum atomic E-state index is 0.260. The van der Waals surface area contributed by atoms with Crippen LogP contribution in [0.2, 0.25) is 0 Å². The Morgan fingerprint density at radius 1 is 1.19 bits per heavy atom. The van der Waals surface area contributed by atoms with E-state index < -0.39 is 0 Å². The Morgan fingerprint density at radius 3 is 2.25 bits per heavy atom. The number of thioether (sulfide) groups is 1. The van der Waals surface area contributed by atoms with Crippen molar-refractivity contribution in [3.63, 3.8) is 0 Å². The quantitative estimate of drug-likeness (QED) is 0.680. The van der Waals surface area contributed by atoms with Gasteiger partial charge in [-0.25, -0.2) is 0 Å². The molecule has 1 saturated carbocycles. The summed E-state index contributed by atoms with van der Waals surface area (Å²) < 4.78 is 0. The van der Waals surface area contributed by atoms with Crippen LogP contribution in [-0.2, 0) is 0 Å². The fourth-order valence-corrected chi connectivity index (χ4v) is 2.74. The minimum absolute atomic E-state index is 0.260. The molecule has 2 heteroatoms. The highest BCUT2D eigenvalue weighted by molar-refractivity contribution is 7.98. The zero-order chi connectivity index (χ0) is 12.2.